The summed E-state index contributed by atoms with van der Waals surface area (Å²) in [6.07, 6.45) is 7.40. The average molecular weight is 240 g/mol. The van der Waals surface area contributed by atoms with Gasteiger partial charge in [0.25, 0.3) is 0 Å². The van der Waals surface area contributed by atoms with Gasteiger partial charge >= 0.3 is 98.4 Å². The second-order valence-corrected chi connectivity index (χ2v) is 3.96. The zero-order valence-corrected chi connectivity index (χ0v) is 9.44. The van der Waals surface area contributed by atoms with Crippen molar-refractivity contribution in [3.8, 4) is 0 Å². The van der Waals surface area contributed by atoms with E-state index >= 15 is 0 Å². The molecule has 0 aromatic heterocycles. The summed E-state index contributed by atoms with van der Waals surface area (Å²) in [5.74, 6) is -0.997. The van der Waals surface area contributed by atoms with Crippen molar-refractivity contribution in [2.75, 3.05) is 11.4 Å². The number of benzene rings is 1. The molecule has 0 atom stereocenters. The van der Waals surface area contributed by atoms with Gasteiger partial charge in [-0.1, -0.05) is 0 Å². The summed E-state index contributed by atoms with van der Waals surface area (Å²) >= 11 is 1.44. The zero-order valence-electron chi connectivity index (χ0n) is 7.87. The van der Waals surface area contributed by atoms with E-state index in [9.17, 15) is 8.78 Å². The minimum atomic E-state index is -0.507. The van der Waals surface area contributed by atoms with Crippen molar-refractivity contribution in [2.24, 2.45) is 0 Å². The SMILES string of the molecule is Fc1ccc(N2C=CC=CC2)c(F)[c]1[Ti]. The summed E-state index contributed by atoms with van der Waals surface area (Å²) in [7, 11) is 0. The van der Waals surface area contributed by atoms with Crippen molar-refractivity contribution in [3.63, 3.8) is 0 Å². The van der Waals surface area contributed by atoms with Gasteiger partial charge in [-0.2, -0.15) is 0 Å². The van der Waals surface area contributed by atoms with Crippen LogP contribution in [-0.4, -0.2) is 6.54 Å². The van der Waals surface area contributed by atoms with Crippen LogP contribution in [0, 0.1) is 11.6 Å². The Labute approximate surface area is 98.5 Å². The van der Waals surface area contributed by atoms with Crippen LogP contribution >= 0.6 is 0 Å². The van der Waals surface area contributed by atoms with Crippen LogP contribution in [0.4, 0.5) is 14.5 Å². The number of hydrogen-bond donors (Lipinski definition) is 0. The molecular weight excluding hydrogens is 232 g/mol. The predicted octanol–water partition coefficient (Wildman–Crippen LogP) is 2.03. The maximum absolute atomic E-state index is 13.7. The Bertz CT molecular complexity index is 440. The Kier molecular flexibility index (Phi) is 3.03. The van der Waals surface area contributed by atoms with Gasteiger partial charge in [0.1, 0.15) is 0 Å². The van der Waals surface area contributed by atoms with Gasteiger partial charge in [-0.15, -0.1) is 0 Å². The quantitative estimate of drug-likeness (QED) is 0.679. The van der Waals surface area contributed by atoms with Gasteiger partial charge < -0.3 is 0 Å². The van der Waals surface area contributed by atoms with Crippen LogP contribution in [0.15, 0.2) is 36.6 Å². The molecule has 0 fully saturated rings. The first-order valence-corrected chi connectivity index (χ1v) is 5.28. The molecule has 0 saturated heterocycles. The normalized spacial score (nSPS) is 14.6. The molecule has 0 amide bonds. The van der Waals surface area contributed by atoms with E-state index in [-0.39, 0.29) is 3.87 Å². The van der Waals surface area contributed by atoms with E-state index in [4.69, 9.17) is 0 Å². The van der Waals surface area contributed by atoms with Crippen LogP contribution in [0.1, 0.15) is 0 Å². The third-order valence-corrected chi connectivity index (χ3v) is 2.91. The number of nitrogens with zero attached hydrogens (tertiary/aromatic N) is 1. The number of allylic oxidation sites excluding steroid dienone is 2. The average Bonchev–Trinajstić information content (AvgIpc) is 2.27. The van der Waals surface area contributed by atoms with Gasteiger partial charge in [0.15, 0.2) is 0 Å². The van der Waals surface area contributed by atoms with E-state index in [0.717, 1.165) is 0 Å². The first-order valence-electron chi connectivity index (χ1n) is 4.49. The fraction of sp³-hybridized carbons (Fsp3) is 0.0909. The summed E-state index contributed by atoms with van der Waals surface area (Å²) in [5.41, 5.74) is 0.412. The maximum atomic E-state index is 13.7. The van der Waals surface area contributed by atoms with E-state index in [2.05, 4.69) is 0 Å². The molecular formula is C11H8F2NTi. The van der Waals surface area contributed by atoms with E-state index in [1.807, 2.05) is 18.2 Å². The van der Waals surface area contributed by atoms with Crippen molar-refractivity contribution in [3.05, 3.63) is 48.2 Å². The van der Waals surface area contributed by atoms with E-state index < -0.39 is 11.6 Å². The molecule has 0 aliphatic carbocycles. The van der Waals surface area contributed by atoms with Crippen LogP contribution in [0.2, 0.25) is 0 Å². The fourth-order valence-corrected chi connectivity index (χ4v) is 1.74. The van der Waals surface area contributed by atoms with Gasteiger partial charge in [-0.05, 0) is 0 Å². The molecule has 1 aliphatic rings. The number of hydrogen-bond acceptors (Lipinski definition) is 1. The van der Waals surface area contributed by atoms with Crippen molar-refractivity contribution >= 4 is 9.56 Å². The molecule has 1 aliphatic heterocycles. The Hall–Kier alpha value is -0.926. The van der Waals surface area contributed by atoms with Gasteiger partial charge in [-0.3, -0.25) is 0 Å². The molecule has 1 heterocycles. The number of rotatable bonds is 1. The first-order chi connectivity index (χ1) is 7.20. The first kappa shape index (κ1) is 10.6. The molecule has 0 N–H and O–H groups in total. The molecule has 1 aromatic carbocycles. The molecule has 1 nitrogen and oxygen atoms in total. The van der Waals surface area contributed by atoms with Crippen LogP contribution in [0.5, 0.6) is 0 Å². The molecule has 0 spiro atoms. The standard InChI is InChI=1S/C11H8F2N.Ti/c12-9-4-5-11(10(13)8-9)14-6-2-1-3-7-14;/h1-6H,7H2;. The van der Waals surface area contributed by atoms with Crippen LogP contribution in [-0.2, 0) is 20.4 Å². The molecule has 0 radical (unpaired) electrons. The zero-order chi connectivity index (χ0) is 10.8. The molecule has 1 aromatic rings. The van der Waals surface area contributed by atoms with Crippen LogP contribution in [0.25, 0.3) is 0 Å². The second kappa shape index (κ2) is 4.29. The van der Waals surface area contributed by atoms with Crippen molar-refractivity contribution < 1.29 is 29.2 Å². The predicted molar refractivity (Wildman–Crippen MR) is 51.6 cm³/mol. The molecule has 75 valence electrons. The Morgan fingerprint density at radius 3 is 2.67 bits per heavy atom. The summed E-state index contributed by atoms with van der Waals surface area (Å²) in [5, 5.41) is 0. The van der Waals surface area contributed by atoms with Gasteiger partial charge in [0, 0.05) is 0 Å². The third kappa shape index (κ3) is 2.03. The second-order valence-electron chi connectivity index (χ2n) is 3.18. The van der Waals surface area contributed by atoms with E-state index in [1.165, 1.54) is 32.6 Å². The van der Waals surface area contributed by atoms with Crippen LogP contribution in [0.3, 0.4) is 0 Å². The Balaban J connectivity index is 2.41. The third-order valence-electron chi connectivity index (χ3n) is 2.20. The van der Waals surface area contributed by atoms with E-state index in [1.54, 1.807) is 11.1 Å². The molecule has 15 heavy (non-hydrogen) atoms. The monoisotopic (exact) mass is 240 g/mol. The topological polar surface area (TPSA) is 3.24 Å². The van der Waals surface area contributed by atoms with Crippen molar-refractivity contribution in [1.29, 1.82) is 0 Å². The molecule has 4 heteroatoms. The molecule has 0 unspecified atom stereocenters. The Morgan fingerprint density at radius 2 is 2.00 bits per heavy atom. The summed E-state index contributed by atoms with van der Waals surface area (Å²) in [4.78, 5) is 1.74. The number of anilines is 1. The minimum absolute atomic E-state index is 0.0652. The van der Waals surface area contributed by atoms with Crippen molar-refractivity contribution in [2.45, 2.75) is 0 Å². The number of halogens is 2. The summed E-state index contributed by atoms with van der Waals surface area (Å²) in [6, 6.07) is 2.75. The summed E-state index contributed by atoms with van der Waals surface area (Å²) < 4.78 is 26.8. The Morgan fingerprint density at radius 1 is 1.20 bits per heavy atom. The molecule has 0 saturated carbocycles. The van der Waals surface area contributed by atoms with E-state index in [0.29, 0.717) is 12.2 Å². The van der Waals surface area contributed by atoms with Gasteiger partial charge in [0.2, 0.25) is 0 Å². The van der Waals surface area contributed by atoms with Gasteiger partial charge in [-0.25, -0.2) is 0 Å². The molecule has 0 bridgehead atoms. The summed E-state index contributed by atoms with van der Waals surface area (Å²) in [6.45, 7) is 0.610. The van der Waals surface area contributed by atoms with Crippen LogP contribution < -0.4 is 8.77 Å². The van der Waals surface area contributed by atoms with Gasteiger partial charge in [0.05, 0.1) is 0 Å². The fourth-order valence-electron chi connectivity index (χ4n) is 1.41. The molecule has 2 rings (SSSR count). The van der Waals surface area contributed by atoms with Crippen molar-refractivity contribution in [1.82, 2.24) is 0 Å².